The first kappa shape index (κ1) is 11.7. The fourth-order valence-corrected chi connectivity index (χ4v) is 3.49. The van der Waals surface area contributed by atoms with Crippen molar-refractivity contribution in [3.63, 3.8) is 0 Å². The van der Waals surface area contributed by atoms with Crippen LogP contribution in [0.15, 0.2) is 24.3 Å². The summed E-state index contributed by atoms with van der Waals surface area (Å²) in [4.78, 5) is 11.9. The molecule has 2 nitrogen and oxygen atoms in total. The maximum Gasteiger partial charge on any atom is 0.224 e. The van der Waals surface area contributed by atoms with Crippen LogP contribution in [0.1, 0.15) is 31.2 Å². The second-order valence-electron chi connectivity index (χ2n) is 5.62. The van der Waals surface area contributed by atoms with Gasteiger partial charge in [-0.15, -0.1) is 0 Å². The van der Waals surface area contributed by atoms with Gasteiger partial charge in [-0.05, 0) is 42.7 Å². The molecule has 2 aliphatic carbocycles. The number of fused-ring (bicyclic) bond motifs is 2. The lowest BCUT2D eigenvalue weighted by molar-refractivity contribution is -0.121. The van der Waals surface area contributed by atoms with Crippen LogP contribution in [0.4, 0.5) is 4.39 Å². The van der Waals surface area contributed by atoms with E-state index in [0.29, 0.717) is 17.5 Å². The van der Waals surface area contributed by atoms with Crippen LogP contribution in [-0.4, -0.2) is 11.9 Å². The summed E-state index contributed by atoms with van der Waals surface area (Å²) >= 11 is 0. The minimum absolute atomic E-state index is 0.0438. The maximum atomic E-state index is 13.4. The van der Waals surface area contributed by atoms with Crippen LogP contribution in [0.25, 0.3) is 0 Å². The third-order valence-corrected chi connectivity index (χ3v) is 4.39. The Morgan fingerprint density at radius 3 is 2.78 bits per heavy atom. The lowest BCUT2D eigenvalue weighted by Crippen LogP contribution is -2.39. The maximum absolute atomic E-state index is 13.4. The van der Waals surface area contributed by atoms with Gasteiger partial charge in [-0.3, -0.25) is 4.79 Å². The van der Waals surface area contributed by atoms with Crippen molar-refractivity contribution < 1.29 is 9.18 Å². The van der Waals surface area contributed by atoms with E-state index in [1.165, 1.54) is 25.3 Å². The molecule has 96 valence electrons. The first-order valence-electron chi connectivity index (χ1n) is 6.75. The van der Waals surface area contributed by atoms with E-state index in [0.717, 1.165) is 12.3 Å². The summed E-state index contributed by atoms with van der Waals surface area (Å²) in [6.45, 7) is 0. The number of carbonyl (C=O) groups is 1. The van der Waals surface area contributed by atoms with Crippen LogP contribution in [0, 0.1) is 17.7 Å². The molecule has 0 spiro atoms. The highest BCUT2D eigenvalue weighted by molar-refractivity contribution is 5.79. The molecule has 0 aliphatic heterocycles. The molecule has 3 unspecified atom stereocenters. The van der Waals surface area contributed by atoms with Crippen molar-refractivity contribution in [1.82, 2.24) is 5.32 Å². The van der Waals surface area contributed by atoms with Crippen LogP contribution in [-0.2, 0) is 11.2 Å². The van der Waals surface area contributed by atoms with Crippen molar-refractivity contribution >= 4 is 5.91 Å². The van der Waals surface area contributed by atoms with Crippen LogP contribution in [0.5, 0.6) is 0 Å². The third-order valence-electron chi connectivity index (χ3n) is 4.39. The number of hydrogen-bond donors (Lipinski definition) is 1. The highest BCUT2D eigenvalue weighted by Gasteiger charge is 2.39. The monoisotopic (exact) mass is 247 g/mol. The van der Waals surface area contributed by atoms with Crippen LogP contribution >= 0.6 is 0 Å². The Bertz CT molecular complexity index is 460. The SMILES string of the molecule is O=C(Cc1ccccc1F)NC1CC2CCC1C2. The summed E-state index contributed by atoms with van der Waals surface area (Å²) < 4.78 is 13.4. The molecule has 2 fully saturated rings. The summed E-state index contributed by atoms with van der Waals surface area (Å²) in [5.74, 6) is 1.14. The van der Waals surface area contributed by atoms with E-state index in [9.17, 15) is 9.18 Å². The highest BCUT2D eigenvalue weighted by Crippen LogP contribution is 2.44. The van der Waals surface area contributed by atoms with Gasteiger partial charge in [0, 0.05) is 6.04 Å². The van der Waals surface area contributed by atoms with Crippen molar-refractivity contribution in [3.8, 4) is 0 Å². The van der Waals surface area contributed by atoms with Crippen molar-refractivity contribution in [1.29, 1.82) is 0 Å². The second-order valence-corrected chi connectivity index (χ2v) is 5.62. The zero-order valence-corrected chi connectivity index (χ0v) is 10.4. The molecule has 0 radical (unpaired) electrons. The Balaban J connectivity index is 1.58. The molecule has 1 aromatic rings. The number of hydrogen-bond acceptors (Lipinski definition) is 1. The van der Waals surface area contributed by atoms with E-state index >= 15 is 0 Å². The first-order valence-corrected chi connectivity index (χ1v) is 6.75. The molecule has 0 aromatic heterocycles. The van der Waals surface area contributed by atoms with Gasteiger partial charge in [0.2, 0.25) is 5.91 Å². The summed E-state index contributed by atoms with van der Waals surface area (Å²) in [5, 5.41) is 3.08. The Labute approximate surface area is 107 Å². The minimum atomic E-state index is -0.291. The zero-order valence-electron chi connectivity index (χ0n) is 10.4. The predicted molar refractivity (Wildman–Crippen MR) is 67.5 cm³/mol. The number of carbonyl (C=O) groups excluding carboxylic acids is 1. The molecule has 3 rings (SSSR count). The van der Waals surface area contributed by atoms with Crippen molar-refractivity contribution in [2.45, 2.75) is 38.1 Å². The fraction of sp³-hybridized carbons (Fsp3) is 0.533. The Morgan fingerprint density at radius 1 is 1.28 bits per heavy atom. The highest BCUT2D eigenvalue weighted by atomic mass is 19.1. The van der Waals surface area contributed by atoms with Crippen molar-refractivity contribution in [2.24, 2.45) is 11.8 Å². The first-order chi connectivity index (χ1) is 8.72. The quantitative estimate of drug-likeness (QED) is 0.874. The van der Waals surface area contributed by atoms with Crippen molar-refractivity contribution in [3.05, 3.63) is 35.6 Å². The van der Waals surface area contributed by atoms with E-state index in [2.05, 4.69) is 5.32 Å². The van der Waals surface area contributed by atoms with Gasteiger partial charge < -0.3 is 5.32 Å². The average Bonchev–Trinajstić information content (AvgIpc) is 2.94. The summed E-state index contributed by atoms with van der Waals surface area (Å²) in [6.07, 6.45) is 5.11. The average molecular weight is 247 g/mol. The number of amides is 1. The van der Waals surface area contributed by atoms with E-state index in [1.807, 2.05) is 0 Å². The van der Waals surface area contributed by atoms with E-state index in [4.69, 9.17) is 0 Å². The molecule has 0 heterocycles. The number of halogens is 1. The Hall–Kier alpha value is -1.38. The van der Waals surface area contributed by atoms with Gasteiger partial charge in [0.05, 0.1) is 6.42 Å². The molecule has 18 heavy (non-hydrogen) atoms. The third kappa shape index (κ3) is 2.26. The molecule has 3 heteroatoms. The summed E-state index contributed by atoms with van der Waals surface area (Å²) in [6, 6.07) is 6.83. The normalized spacial score (nSPS) is 29.5. The van der Waals surface area contributed by atoms with E-state index in [1.54, 1.807) is 18.2 Å². The molecular weight excluding hydrogens is 229 g/mol. The standard InChI is InChI=1S/C15H18FNO/c16-13-4-2-1-3-11(13)9-15(18)17-14-8-10-5-6-12(14)7-10/h1-4,10,12,14H,5-9H2,(H,17,18). The summed E-state index contributed by atoms with van der Waals surface area (Å²) in [7, 11) is 0. The molecule has 1 aromatic carbocycles. The lowest BCUT2D eigenvalue weighted by atomic mass is 9.95. The molecular formula is C15H18FNO. The molecule has 1 amide bonds. The summed E-state index contributed by atoms with van der Waals surface area (Å²) in [5.41, 5.74) is 0.484. The van der Waals surface area contributed by atoms with Gasteiger partial charge in [0.15, 0.2) is 0 Å². The van der Waals surface area contributed by atoms with E-state index < -0.39 is 0 Å². The molecule has 0 saturated heterocycles. The molecule has 2 aliphatic rings. The minimum Gasteiger partial charge on any atom is -0.353 e. The van der Waals surface area contributed by atoms with Crippen molar-refractivity contribution in [2.75, 3.05) is 0 Å². The zero-order chi connectivity index (χ0) is 12.5. The largest absolute Gasteiger partial charge is 0.353 e. The van der Waals surface area contributed by atoms with Crippen LogP contribution in [0.2, 0.25) is 0 Å². The Morgan fingerprint density at radius 2 is 2.11 bits per heavy atom. The smallest absolute Gasteiger partial charge is 0.224 e. The van der Waals surface area contributed by atoms with Crippen LogP contribution in [0.3, 0.4) is 0 Å². The van der Waals surface area contributed by atoms with E-state index in [-0.39, 0.29) is 18.1 Å². The van der Waals surface area contributed by atoms with Crippen LogP contribution < -0.4 is 5.32 Å². The van der Waals surface area contributed by atoms with Gasteiger partial charge in [0.1, 0.15) is 5.82 Å². The van der Waals surface area contributed by atoms with Gasteiger partial charge in [-0.2, -0.15) is 0 Å². The molecule has 3 atom stereocenters. The van der Waals surface area contributed by atoms with Gasteiger partial charge >= 0.3 is 0 Å². The molecule has 1 N–H and O–H groups in total. The fourth-order valence-electron chi connectivity index (χ4n) is 3.49. The Kier molecular flexibility index (Phi) is 3.06. The number of benzene rings is 1. The molecule has 2 bridgehead atoms. The number of rotatable bonds is 3. The second kappa shape index (κ2) is 4.71. The van der Waals surface area contributed by atoms with Gasteiger partial charge in [0.25, 0.3) is 0 Å². The number of nitrogens with one attached hydrogen (secondary N) is 1. The van der Waals surface area contributed by atoms with Gasteiger partial charge in [-0.25, -0.2) is 4.39 Å². The predicted octanol–water partition coefficient (Wildman–Crippen LogP) is 2.67. The molecule has 2 saturated carbocycles. The van der Waals surface area contributed by atoms with Gasteiger partial charge in [-0.1, -0.05) is 24.6 Å². The topological polar surface area (TPSA) is 29.1 Å². The lowest BCUT2D eigenvalue weighted by Gasteiger charge is -2.22.